The molecule has 1 saturated carbocycles. The van der Waals surface area contributed by atoms with Crippen molar-refractivity contribution in [1.29, 1.82) is 0 Å². The van der Waals surface area contributed by atoms with Gasteiger partial charge in [0.05, 0.1) is 24.7 Å². The number of benzene rings is 1. The zero-order chi connectivity index (χ0) is 22.8. The highest BCUT2D eigenvalue weighted by Gasteiger charge is 2.56. The zero-order valence-electron chi connectivity index (χ0n) is 18.9. The Morgan fingerprint density at radius 2 is 1.94 bits per heavy atom. The summed E-state index contributed by atoms with van der Waals surface area (Å²) in [5, 5.41) is 9.91. The fourth-order valence-corrected chi connectivity index (χ4v) is 6.25. The van der Waals surface area contributed by atoms with Crippen LogP contribution in [0.1, 0.15) is 61.9 Å². The van der Waals surface area contributed by atoms with Crippen molar-refractivity contribution < 1.29 is 23.8 Å². The monoisotopic (exact) mass is 436 g/mol. The van der Waals surface area contributed by atoms with Crippen molar-refractivity contribution >= 4 is 11.9 Å². The van der Waals surface area contributed by atoms with Crippen LogP contribution in [0.3, 0.4) is 0 Å². The molecule has 4 atom stereocenters. The van der Waals surface area contributed by atoms with Crippen LogP contribution in [-0.4, -0.2) is 23.7 Å². The van der Waals surface area contributed by atoms with E-state index in [4.69, 9.17) is 9.15 Å². The standard InChI is InChI=1S/C27H32O5/c1-26(14-11-19-13-16-31-17-19)21(18-32-25(30)20-7-4-3-5-8-20)12-15-27(2)22(24(28)29)9-6-10-23(26)27/h3-5,7-9,13,16-17,21,23H,6,10-12,14-15,18H2,1-2H3,(H,28,29)/t21-,23+,26-,27-/m0/s1. The third kappa shape index (κ3) is 4.13. The molecule has 5 heteroatoms. The number of carboxylic acids is 1. The number of rotatable bonds is 7. The third-order valence-electron chi connectivity index (χ3n) is 8.12. The maximum atomic E-state index is 12.6. The molecule has 0 unspecified atom stereocenters. The molecule has 2 aromatic rings. The molecule has 2 aliphatic rings. The number of furan rings is 1. The molecule has 4 rings (SSSR count). The summed E-state index contributed by atoms with van der Waals surface area (Å²) >= 11 is 0. The Labute approximate surface area is 189 Å². The summed E-state index contributed by atoms with van der Waals surface area (Å²) < 4.78 is 11.1. The van der Waals surface area contributed by atoms with Crippen molar-refractivity contribution in [2.75, 3.05) is 6.61 Å². The van der Waals surface area contributed by atoms with Gasteiger partial charge in [-0.15, -0.1) is 0 Å². The van der Waals surface area contributed by atoms with Gasteiger partial charge in [0.2, 0.25) is 0 Å². The number of aryl methyl sites for hydroxylation is 1. The van der Waals surface area contributed by atoms with Crippen molar-refractivity contribution in [2.24, 2.45) is 22.7 Å². The summed E-state index contributed by atoms with van der Waals surface area (Å²) in [6, 6.07) is 11.1. The lowest BCUT2D eigenvalue weighted by Gasteiger charge is -2.58. The van der Waals surface area contributed by atoms with Crippen LogP contribution in [0.4, 0.5) is 0 Å². The van der Waals surface area contributed by atoms with E-state index in [0.29, 0.717) is 17.7 Å². The van der Waals surface area contributed by atoms with E-state index in [1.165, 1.54) is 0 Å². The number of esters is 1. The number of carbonyl (C=O) groups is 2. The molecule has 0 saturated heterocycles. The molecule has 0 amide bonds. The summed E-state index contributed by atoms with van der Waals surface area (Å²) in [6.45, 7) is 4.76. The summed E-state index contributed by atoms with van der Waals surface area (Å²) in [7, 11) is 0. The molecule has 0 spiro atoms. The lowest BCUT2D eigenvalue weighted by Crippen LogP contribution is -2.53. The molecule has 1 aromatic carbocycles. The van der Waals surface area contributed by atoms with Crippen LogP contribution in [0.25, 0.3) is 0 Å². The van der Waals surface area contributed by atoms with Gasteiger partial charge in [0, 0.05) is 11.0 Å². The quantitative estimate of drug-likeness (QED) is 0.546. The average Bonchev–Trinajstić information content (AvgIpc) is 3.31. The largest absolute Gasteiger partial charge is 0.478 e. The SMILES string of the molecule is C[C@]1(CCc2ccoc2)[C@H](COC(=O)c2ccccc2)CC[C@@]2(C)C(C(=O)O)=CCC[C@H]12. The van der Waals surface area contributed by atoms with Crippen LogP contribution in [0.2, 0.25) is 0 Å². The van der Waals surface area contributed by atoms with Crippen molar-refractivity contribution in [3.8, 4) is 0 Å². The van der Waals surface area contributed by atoms with E-state index in [2.05, 4.69) is 13.8 Å². The first-order chi connectivity index (χ1) is 15.3. The smallest absolute Gasteiger partial charge is 0.338 e. The fraction of sp³-hybridized carbons (Fsp3) is 0.481. The Hall–Kier alpha value is -2.82. The van der Waals surface area contributed by atoms with Gasteiger partial charge in [-0.2, -0.15) is 0 Å². The molecular formula is C27H32O5. The summed E-state index contributed by atoms with van der Waals surface area (Å²) in [5.74, 6) is -0.713. The van der Waals surface area contributed by atoms with E-state index in [1.54, 1.807) is 24.7 Å². The number of carbonyl (C=O) groups excluding carboxylic acids is 1. The third-order valence-corrected chi connectivity index (χ3v) is 8.12. The molecular weight excluding hydrogens is 404 g/mol. The molecule has 1 heterocycles. The maximum absolute atomic E-state index is 12.6. The summed E-state index contributed by atoms with van der Waals surface area (Å²) in [6.07, 6.45) is 10.5. The predicted molar refractivity (Wildman–Crippen MR) is 121 cm³/mol. The van der Waals surface area contributed by atoms with Crippen LogP contribution < -0.4 is 0 Å². The minimum Gasteiger partial charge on any atom is -0.478 e. The lowest BCUT2D eigenvalue weighted by molar-refractivity contribution is -0.137. The molecule has 1 N–H and O–H groups in total. The molecule has 32 heavy (non-hydrogen) atoms. The number of allylic oxidation sites excluding steroid dienone is 1. The summed E-state index contributed by atoms with van der Waals surface area (Å²) in [4.78, 5) is 24.7. The number of carboxylic acid groups (broad SMARTS) is 1. The molecule has 1 aromatic heterocycles. The minimum absolute atomic E-state index is 0.157. The van der Waals surface area contributed by atoms with Gasteiger partial charge in [-0.1, -0.05) is 38.1 Å². The van der Waals surface area contributed by atoms with Crippen LogP contribution in [0.15, 0.2) is 65.0 Å². The van der Waals surface area contributed by atoms with Gasteiger partial charge < -0.3 is 14.3 Å². The van der Waals surface area contributed by atoms with E-state index >= 15 is 0 Å². The number of aliphatic carboxylic acids is 1. The lowest BCUT2D eigenvalue weighted by atomic mass is 9.46. The first-order valence-electron chi connectivity index (χ1n) is 11.5. The first-order valence-corrected chi connectivity index (χ1v) is 11.5. The van der Waals surface area contributed by atoms with Crippen molar-refractivity contribution in [3.05, 3.63) is 71.7 Å². The normalized spacial score (nSPS) is 29.6. The van der Waals surface area contributed by atoms with Crippen LogP contribution in [0, 0.1) is 22.7 Å². The van der Waals surface area contributed by atoms with E-state index in [-0.39, 0.29) is 28.6 Å². The summed E-state index contributed by atoms with van der Waals surface area (Å²) in [5.41, 5.74) is 1.74. The van der Waals surface area contributed by atoms with Crippen LogP contribution >= 0.6 is 0 Å². The van der Waals surface area contributed by atoms with Gasteiger partial charge in [-0.25, -0.2) is 9.59 Å². The van der Waals surface area contributed by atoms with Crippen LogP contribution in [-0.2, 0) is 16.0 Å². The van der Waals surface area contributed by atoms with Gasteiger partial charge in [0.25, 0.3) is 0 Å². The Morgan fingerprint density at radius 3 is 2.62 bits per heavy atom. The van der Waals surface area contributed by atoms with Gasteiger partial charge in [0.15, 0.2) is 0 Å². The highest BCUT2D eigenvalue weighted by Crippen LogP contribution is 2.62. The van der Waals surface area contributed by atoms with Gasteiger partial charge in [0.1, 0.15) is 0 Å². The molecule has 1 fully saturated rings. The molecule has 5 nitrogen and oxygen atoms in total. The Morgan fingerprint density at radius 1 is 1.16 bits per heavy atom. The van der Waals surface area contributed by atoms with E-state index in [1.807, 2.05) is 30.3 Å². The first kappa shape index (κ1) is 22.4. The highest BCUT2D eigenvalue weighted by molar-refractivity contribution is 5.89. The van der Waals surface area contributed by atoms with Crippen molar-refractivity contribution in [1.82, 2.24) is 0 Å². The predicted octanol–water partition coefficient (Wildman–Crippen LogP) is 5.91. The second-order valence-electron chi connectivity index (χ2n) is 9.81. The zero-order valence-corrected chi connectivity index (χ0v) is 18.9. The molecule has 0 bridgehead atoms. The second-order valence-corrected chi connectivity index (χ2v) is 9.81. The van der Waals surface area contributed by atoms with Crippen molar-refractivity contribution in [2.45, 2.75) is 52.4 Å². The molecule has 170 valence electrons. The van der Waals surface area contributed by atoms with E-state index < -0.39 is 5.97 Å². The average molecular weight is 437 g/mol. The molecule has 0 radical (unpaired) electrons. The van der Waals surface area contributed by atoms with Crippen molar-refractivity contribution in [3.63, 3.8) is 0 Å². The number of ether oxygens (including phenoxy) is 1. The molecule has 2 aliphatic carbocycles. The highest BCUT2D eigenvalue weighted by atomic mass is 16.5. The Bertz CT molecular complexity index is 977. The maximum Gasteiger partial charge on any atom is 0.338 e. The fourth-order valence-electron chi connectivity index (χ4n) is 6.25. The van der Waals surface area contributed by atoms with Crippen LogP contribution in [0.5, 0.6) is 0 Å². The Balaban J connectivity index is 1.58. The van der Waals surface area contributed by atoms with Gasteiger partial charge in [-0.3, -0.25) is 0 Å². The van der Waals surface area contributed by atoms with E-state index in [0.717, 1.165) is 44.1 Å². The topological polar surface area (TPSA) is 76.7 Å². The van der Waals surface area contributed by atoms with Gasteiger partial charge >= 0.3 is 11.9 Å². The molecule has 0 aliphatic heterocycles. The minimum atomic E-state index is -0.802. The Kier molecular flexibility index (Phi) is 6.27. The second kappa shape index (κ2) is 8.97. The number of hydrogen-bond donors (Lipinski definition) is 1. The van der Waals surface area contributed by atoms with Gasteiger partial charge in [-0.05, 0) is 79.5 Å². The number of hydrogen-bond acceptors (Lipinski definition) is 4. The van der Waals surface area contributed by atoms with E-state index in [9.17, 15) is 14.7 Å². The number of fused-ring (bicyclic) bond motifs is 1.